The van der Waals surface area contributed by atoms with Crippen molar-refractivity contribution in [2.24, 2.45) is 5.73 Å². The van der Waals surface area contributed by atoms with Gasteiger partial charge in [0, 0.05) is 23.1 Å². The van der Waals surface area contributed by atoms with Crippen LogP contribution in [0.25, 0.3) is 0 Å². The molecule has 18 heavy (non-hydrogen) atoms. The van der Waals surface area contributed by atoms with Crippen molar-refractivity contribution in [3.63, 3.8) is 0 Å². The van der Waals surface area contributed by atoms with Crippen LogP contribution < -0.4 is 16.6 Å². The number of H-pyrrole nitrogens is 1. The fourth-order valence-electron chi connectivity index (χ4n) is 1.12. The summed E-state index contributed by atoms with van der Waals surface area (Å²) in [5, 5.41) is 2.54. The molecule has 8 heteroatoms. The fraction of sp³-hybridized carbons (Fsp3) is 0.400. The van der Waals surface area contributed by atoms with Crippen molar-refractivity contribution >= 4 is 52.3 Å². The van der Waals surface area contributed by atoms with Gasteiger partial charge < -0.3 is 16.0 Å². The summed E-state index contributed by atoms with van der Waals surface area (Å²) in [5.41, 5.74) is 5.45. The van der Waals surface area contributed by atoms with Crippen LogP contribution in [0.4, 0.5) is 5.69 Å². The lowest BCUT2D eigenvalue weighted by atomic mass is 10.2. The molecule has 0 saturated carbocycles. The first-order valence-electron chi connectivity index (χ1n) is 4.92. The molecule has 0 aliphatic heterocycles. The van der Waals surface area contributed by atoms with E-state index in [9.17, 15) is 9.59 Å². The van der Waals surface area contributed by atoms with Gasteiger partial charge in [0.25, 0.3) is 5.56 Å². The van der Waals surface area contributed by atoms with Gasteiger partial charge in [-0.3, -0.25) is 9.59 Å². The molecular weight excluding hydrogens is 345 g/mol. The monoisotopic (exact) mass is 359 g/mol. The Bertz CT molecular complexity index is 437. The molecule has 4 N–H and O–H groups in total. The summed E-state index contributed by atoms with van der Waals surface area (Å²) in [6, 6.07) is 1.54. The molecular formula is C10H16BrCl2N3O2. The molecule has 1 atom stereocenters. The van der Waals surface area contributed by atoms with Crippen molar-refractivity contribution in [1.82, 2.24) is 4.98 Å². The first-order valence-corrected chi connectivity index (χ1v) is 5.72. The minimum absolute atomic E-state index is 0. The van der Waals surface area contributed by atoms with Gasteiger partial charge in [0.2, 0.25) is 5.91 Å². The van der Waals surface area contributed by atoms with E-state index < -0.39 is 0 Å². The maximum atomic E-state index is 11.4. The number of aromatic amines is 1. The van der Waals surface area contributed by atoms with E-state index in [0.717, 1.165) is 0 Å². The Labute approximate surface area is 126 Å². The lowest BCUT2D eigenvalue weighted by molar-refractivity contribution is -0.116. The third kappa shape index (κ3) is 7.00. The molecule has 1 aromatic rings. The highest BCUT2D eigenvalue weighted by Crippen LogP contribution is 2.10. The smallest absolute Gasteiger partial charge is 0.271 e. The van der Waals surface area contributed by atoms with Gasteiger partial charge in [0.05, 0.1) is 0 Å². The molecule has 1 amide bonds. The van der Waals surface area contributed by atoms with Gasteiger partial charge >= 0.3 is 0 Å². The highest BCUT2D eigenvalue weighted by atomic mass is 79.9. The normalized spacial score (nSPS) is 10.8. The summed E-state index contributed by atoms with van der Waals surface area (Å²) in [5.74, 6) is -0.207. The van der Waals surface area contributed by atoms with Crippen LogP contribution in [-0.2, 0) is 4.79 Å². The Morgan fingerprint density at radius 3 is 2.72 bits per heavy atom. The Balaban J connectivity index is 0. The van der Waals surface area contributed by atoms with Gasteiger partial charge in [-0.1, -0.05) is 0 Å². The van der Waals surface area contributed by atoms with Crippen molar-refractivity contribution in [3.05, 3.63) is 27.1 Å². The second kappa shape index (κ2) is 9.38. The summed E-state index contributed by atoms with van der Waals surface area (Å²) in [4.78, 5) is 25.3. The number of hydrogen-bond donors (Lipinski definition) is 3. The molecule has 1 unspecified atom stereocenters. The summed E-state index contributed by atoms with van der Waals surface area (Å²) >= 11 is 3.21. The Morgan fingerprint density at radius 2 is 2.17 bits per heavy atom. The predicted octanol–water partition coefficient (Wildman–Crippen LogP) is 2.05. The van der Waals surface area contributed by atoms with Gasteiger partial charge in [0.15, 0.2) is 0 Å². The van der Waals surface area contributed by atoms with E-state index in [2.05, 4.69) is 26.2 Å². The van der Waals surface area contributed by atoms with E-state index in [0.29, 0.717) is 17.3 Å². The Kier molecular flexibility index (Phi) is 10.3. The van der Waals surface area contributed by atoms with Crippen molar-refractivity contribution in [2.75, 3.05) is 5.32 Å². The zero-order valence-corrected chi connectivity index (χ0v) is 13.0. The number of carbonyl (C=O) groups is 1. The highest BCUT2D eigenvalue weighted by molar-refractivity contribution is 9.10. The number of rotatable bonds is 4. The van der Waals surface area contributed by atoms with Crippen LogP contribution in [-0.4, -0.2) is 16.9 Å². The van der Waals surface area contributed by atoms with Crippen LogP contribution in [0.5, 0.6) is 0 Å². The van der Waals surface area contributed by atoms with E-state index in [4.69, 9.17) is 5.73 Å². The van der Waals surface area contributed by atoms with Crippen LogP contribution in [0, 0.1) is 0 Å². The molecule has 1 heterocycles. The van der Waals surface area contributed by atoms with E-state index in [1.807, 2.05) is 6.92 Å². The zero-order valence-electron chi connectivity index (χ0n) is 9.73. The summed E-state index contributed by atoms with van der Waals surface area (Å²) in [6.45, 7) is 1.83. The molecule has 0 spiro atoms. The lowest BCUT2D eigenvalue weighted by Gasteiger charge is -2.06. The number of aromatic nitrogens is 1. The molecule has 0 saturated heterocycles. The maximum Gasteiger partial charge on any atom is 0.271 e. The molecule has 0 fully saturated rings. The molecule has 0 radical (unpaired) electrons. The van der Waals surface area contributed by atoms with E-state index in [1.165, 1.54) is 6.20 Å². The van der Waals surface area contributed by atoms with E-state index in [1.54, 1.807) is 6.07 Å². The largest absolute Gasteiger partial charge is 0.328 e. The van der Waals surface area contributed by atoms with Gasteiger partial charge in [-0.15, -0.1) is 24.8 Å². The minimum atomic E-state index is -0.322. The van der Waals surface area contributed by atoms with Gasteiger partial charge in [-0.25, -0.2) is 0 Å². The molecule has 0 bridgehead atoms. The molecule has 5 nitrogen and oxygen atoms in total. The predicted molar refractivity (Wildman–Crippen MR) is 80.8 cm³/mol. The SMILES string of the molecule is CC(N)CCC(=O)Nc1cc(Br)c[nH]c1=O.Cl.Cl. The third-order valence-corrected chi connectivity index (χ3v) is 2.43. The number of hydrogen-bond acceptors (Lipinski definition) is 3. The van der Waals surface area contributed by atoms with Gasteiger partial charge in [-0.05, 0) is 35.3 Å². The quantitative estimate of drug-likeness (QED) is 0.767. The van der Waals surface area contributed by atoms with Crippen molar-refractivity contribution in [3.8, 4) is 0 Å². The number of nitrogens with two attached hydrogens (primary N) is 1. The van der Waals surface area contributed by atoms with Crippen LogP contribution in [0.15, 0.2) is 21.5 Å². The van der Waals surface area contributed by atoms with Gasteiger partial charge in [0.1, 0.15) is 5.69 Å². The zero-order chi connectivity index (χ0) is 12.1. The standard InChI is InChI=1S/C10H14BrN3O2.2ClH/c1-6(12)2-3-9(15)14-8-4-7(11)5-13-10(8)16;;/h4-6H,2-3,12H2,1H3,(H,13,16)(H,14,15);2*1H. The van der Waals surface area contributed by atoms with Crippen LogP contribution in [0.1, 0.15) is 19.8 Å². The second-order valence-corrected chi connectivity index (χ2v) is 4.54. The lowest BCUT2D eigenvalue weighted by Crippen LogP contribution is -2.22. The van der Waals surface area contributed by atoms with Crippen LogP contribution in [0.3, 0.4) is 0 Å². The number of halogens is 3. The minimum Gasteiger partial charge on any atom is -0.328 e. The first kappa shape index (κ1) is 19.8. The number of carbonyl (C=O) groups excluding carboxylic acids is 1. The third-order valence-electron chi connectivity index (χ3n) is 1.97. The average Bonchev–Trinajstić information content (AvgIpc) is 2.20. The first-order chi connectivity index (χ1) is 7.49. The van der Waals surface area contributed by atoms with Gasteiger partial charge in [-0.2, -0.15) is 0 Å². The number of pyridine rings is 1. The fourth-order valence-corrected chi connectivity index (χ4v) is 1.47. The molecule has 1 aromatic heterocycles. The number of anilines is 1. The van der Waals surface area contributed by atoms with Crippen molar-refractivity contribution in [1.29, 1.82) is 0 Å². The van der Waals surface area contributed by atoms with Crippen molar-refractivity contribution < 1.29 is 4.79 Å². The molecule has 0 aromatic carbocycles. The Morgan fingerprint density at radius 1 is 1.56 bits per heavy atom. The van der Waals surface area contributed by atoms with Crippen LogP contribution in [0.2, 0.25) is 0 Å². The summed E-state index contributed by atoms with van der Waals surface area (Å²) < 4.78 is 0.703. The van der Waals surface area contributed by atoms with E-state index >= 15 is 0 Å². The topological polar surface area (TPSA) is 88.0 Å². The molecule has 104 valence electrons. The van der Waals surface area contributed by atoms with E-state index in [-0.39, 0.29) is 48.0 Å². The molecule has 0 aliphatic carbocycles. The Hall–Kier alpha value is -0.560. The summed E-state index contributed by atoms with van der Waals surface area (Å²) in [7, 11) is 0. The molecule has 1 rings (SSSR count). The average molecular weight is 361 g/mol. The second-order valence-electron chi connectivity index (χ2n) is 3.62. The number of amides is 1. The van der Waals surface area contributed by atoms with Crippen molar-refractivity contribution in [2.45, 2.75) is 25.8 Å². The van der Waals surface area contributed by atoms with Crippen LogP contribution >= 0.6 is 40.7 Å². The molecule has 0 aliphatic rings. The highest BCUT2D eigenvalue weighted by Gasteiger charge is 2.07. The summed E-state index contributed by atoms with van der Waals surface area (Å²) in [6.07, 6.45) is 2.42. The maximum absolute atomic E-state index is 11.4. The number of nitrogens with one attached hydrogen (secondary N) is 2.